The Morgan fingerprint density at radius 3 is 2.81 bits per heavy atom. The highest BCUT2D eigenvalue weighted by Gasteiger charge is 2.28. The summed E-state index contributed by atoms with van der Waals surface area (Å²) in [6.45, 7) is 4.39. The third-order valence-electron chi connectivity index (χ3n) is 5.65. The molecule has 2 aromatic heterocycles. The molecule has 0 bridgehead atoms. The number of nitrogens with one attached hydrogen (secondary N) is 1. The highest BCUT2D eigenvalue weighted by molar-refractivity contribution is 6.03. The van der Waals surface area contributed by atoms with E-state index in [2.05, 4.69) is 27.5 Å². The van der Waals surface area contributed by atoms with Crippen LogP contribution in [0.25, 0.3) is 0 Å². The third-order valence-corrected chi connectivity index (χ3v) is 5.65. The lowest BCUT2D eigenvalue weighted by atomic mass is 10.1. The van der Waals surface area contributed by atoms with Gasteiger partial charge in [0, 0.05) is 18.9 Å². The van der Waals surface area contributed by atoms with Gasteiger partial charge in [0.05, 0.1) is 41.4 Å². The predicted octanol–water partition coefficient (Wildman–Crippen LogP) is 3.70. The number of rotatable bonds is 5. The van der Waals surface area contributed by atoms with Crippen LogP contribution in [0.4, 0.5) is 11.4 Å². The lowest BCUT2D eigenvalue weighted by molar-refractivity contribution is -0.117. The maximum absolute atomic E-state index is 12.1. The summed E-state index contributed by atoms with van der Waals surface area (Å²) >= 11 is 0. The normalized spacial score (nSPS) is 15.0. The summed E-state index contributed by atoms with van der Waals surface area (Å²) in [6.07, 6.45) is 5.49. The fraction of sp³-hybridized carbons (Fsp3) is 0.333. The van der Waals surface area contributed by atoms with Crippen molar-refractivity contribution < 1.29 is 4.79 Å². The second-order valence-corrected chi connectivity index (χ2v) is 7.68. The number of carbonyl (C=O) groups is 1. The number of anilines is 2. The maximum Gasteiger partial charge on any atom is 0.246 e. The summed E-state index contributed by atoms with van der Waals surface area (Å²) in [5, 5.41) is 16.7. The number of pyridine rings is 1. The predicted molar refractivity (Wildman–Crippen MR) is 122 cm³/mol. The molecule has 0 saturated heterocycles. The van der Waals surface area contributed by atoms with E-state index in [-0.39, 0.29) is 19.4 Å². The number of nitriles is 1. The molecule has 0 aliphatic carbocycles. The number of likely N-dealkylation sites (N-methyl/N-ethyl adjacent to an activating group) is 1. The Hall–Kier alpha value is -3.66. The topological polar surface area (TPSA) is 86.8 Å². The summed E-state index contributed by atoms with van der Waals surface area (Å²) in [7, 11) is 1.94. The van der Waals surface area contributed by atoms with Gasteiger partial charge in [-0.15, -0.1) is 0 Å². The summed E-state index contributed by atoms with van der Waals surface area (Å²) in [6, 6.07) is 11.7. The van der Waals surface area contributed by atoms with Crippen LogP contribution in [0.15, 0.2) is 42.7 Å². The van der Waals surface area contributed by atoms with Gasteiger partial charge in [0.1, 0.15) is 6.04 Å². The van der Waals surface area contributed by atoms with Gasteiger partial charge >= 0.3 is 0 Å². The summed E-state index contributed by atoms with van der Waals surface area (Å²) in [5.41, 5.74) is 6.38. The number of aromatic nitrogens is 3. The van der Waals surface area contributed by atoms with E-state index in [9.17, 15) is 10.1 Å². The zero-order valence-electron chi connectivity index (χ0n) is 17.4. The van der Waals surface area contributed by atoms with Gasteiger partial charge in [-0.25, -0.2) is 0 Å². The number of hydrogen-bond donors (Lipinski definition) is 1. The highest BCUT2D eigenvalue weighted by atomic mass is 16.2. The van der Waals surface area contributed by atoms with Crippen LogP contribution in [-0.4, -0.2) is 33.8 Å². The van der Waals surface area contributed by atoms with Crippen molar-refractivity contribution in [2.45, 2.75) is 46.7 Å². The standard InChI is InChI=1S/C23H24N6O.CH4/c1-15-22-21(28(3)16(2)23(30)27-22)10-20(26-15)9-8-17-12-25-29(13-17)14-19-7-5-4-6-18(19)11-24;/h4-7,10,12-13,16H,8-9,14H2,1-3H3,(H,27,30);1H4/t16-;/m0./s1. The molecular weight excluding hydrogens is 388 g/mol. The zero-order chi connectivity index (χ0) is 21.3. The Bertz CT molecular complexity index is 1140. The van der Waals surface area contributed by atoms with Gasteiger partial charge < -0.3 is 10.2 Å². The molecule has 31 heavy (non-hydrogen) atoms. The molecule has 7 heteroatoms. The molecule has 0 radical (unpaired) electrons. The second-order valence-electron chi connectivity index (χ2n) is 7.68. The van der Waals surface area contributed by atoms with E-state index in [0.717, 1.165) is 46.7 Å². The number of benzene rings is 1. The fourth-order valence-corrected chi connectivity index (χ4v) is 3.73. The second kappa shape index (κ2) is 9.00. The first-order valence-electron chi connectivity index (χ1n) is 10.00. The van der Waals surface area contributed by atoms with Crippen molar-refractivity contribution in [2.24, 2.45) is 0 Å². The average Bonchev–Trinajstić information content (AvgIpc) is 3.19. The number of amides is 1. The Morgan fingerprint density at radius 1 is 1.26 bits per heavy atom. The smallest absolute Gasteiger partial charge is 0.246 e. The Kier molecular flexibility index (Phi) is 6.40. The number of aryl methyl sites for hydroxylation is 3. The van der Waals surface area contributed by atoms with Gasteiger partial charge in [-0.3, -0.25) is 14.5 Å². The zero-order valence-corrected chi connectivity index (χ0v) is 17.4. The largest absolute Gasteiger partial charge is 0.361 e. The van der Waals surface area contributed by atoms with Crippen molar-refractivity contribution in [3.8, 4) is 6.07 Å². The summed E-state index contributed by atoms with van der Waals surface area (Å²) in [4.78, 5) is 18.8. The van der Waals surface area contributed by atoms with Crippen molar-refractivity contribution >= 4 is 17.3 Å². The van der Waals surface area contributed by atoms with E-state index in [1.165, 1.54) is 0 Å². The van der Waals surface area contributed by atoms with Crippen molar-refractivity contribution in [3.63, 3.8) is 0 Å². The van der Waals surface area contributed by atoms with Crippen molar-refractivity contribution in [1.82, 2.24) is 14.8 Å². The minimum Gasteiger partial charge on any atom is -0.361 e. The van der Waals surface area contributed by atoms with Crippen LogP contribution in [0.3, 0.4) is 0 Å². The first-order chi connectivity index (χ1) is 14.5. The van der Waals surface area contributed by atoms with E-state index in [1.807, 2.05) is 67.1 Å². The van der Waals surface area contributed by atoms with E-state index in [0.29, 0.717) is 12.1 Å². The van der Waals surface area contributed by atoms with Gasteiger partial charge in [-0.05, 0) is 49.9 Å². The molecular formula is C24H28N6O. The lowest BCUT2D eigenvalue weighted by Gasteiger charge is -2.34. The van der Waals surface area contributed by atoms with Crippen LogP contribution < -0.4 is 10.2 Å². The quantitative estimate of drug-likeness (QED) is 0.685. The molecule has 1 aliphatic heterocycles. The molecule has 1 aliphatic rings. The van der Waals surface area contributed by atoms with E-state index in [4.69, 9.17) is 0 Å². The third kappa shape index (κ3) is 4.43. The van der Waals surface area contributed by atoms with Gasteiger partial charge in [0.25, 0.3) is 0 Å². The van der Waals surface area contributed by atoms with Crippen LogP contribution >= 0.6 is 0 Å². The molecule has 0 saturated carbocycles. The molecule has 0 spiro atoms. The Morgan fingerprint density at radius 2 is 2.03 bits per heavy atom. The van der Waals surface area contributed by atoms with Crippen molar-refractivity contribution in [2.75, 3.05) is 17.3 Å². The monoisotopic (exact) mass is 416 g/mol. The van der Waals surface area contributed by atoms with Crippen molar-refractivity contribution in [3.05, 3.63) is 70.8 Å². The van der Waals surface area contributed by atoms with Crippen LogP contribution in [-0.2, 0) is 24.2 Å². The highest BCUT2D eigenvalue weighted by Crippen LogP contribution is 2.33. The van der Waals surface area contributed by atoms with Crippen molar-refractivity contribution in [1.29, 1.82) is 5.26 Å². The first-order valence-corrected chi connectivity index (χ1v) is 10.00. The summed E-state index contributed by atoms with van der Waals surface area (Å²) in [5.74, 6) is -0.00645. The summed E-state index contributed by atoms with van der Waals surface area (Å²) < 4.78 is 1.86. The molecule has 4 rings (SSSR count). The molecule has 3 heterocycles. The number of hydrogen-bond acceptors (Lipinski definition) is 5. The number of carbonyl (C=O) groups excluding carboxylic acids is 1. The first kappa shape index (κ1) is 22.0. The Labute approximate surface area is 183 Å². The Balaban J connectivity index is 0.00000272. The molecule has 7 nitrogen and oxygen atoms in total. The average molecular weight is 417 g/mol. The van der Waals surface area contributed by atoms with Crippen LogP contribution in [0.2, 0.25) is 0 Å². The van der Waals surface area contributed by atoms with Gasteiger partial charge in [0.15, 0.2) is 0 Å². The molecule has 1 aromatic carbocycles. The van der Waals surface area contributed by atoms with Crippen LogP contribution in [0.1, 0.15) is 42.4 Å². The molecule has 1 N–H and O–H groups in total. The van der Waals surface area contributed by atoms with Crippen LogP contribution in [0.5, 0.6) is 0 Å². The van der Waals surface area contributed by atoms with E-state index >= 15 is 0 Å². The number of nitrogens with zero attached hydrogens (tertiary/aromatic N) is 5. The minimum atomic E-state index is -0.207. The fourth-order valence-electron chi connectivity index (χ4n) is 3.73. The van der Waals surface area contributed by atoms with Gasteiger partial charge in [0.2, 0.25) is 5.91 Å². The molecule has 1 amide bonds. The molecule has 0 unspecified atom stereocenters. The lowest BCUT2D eigenvalue weighted by Crippen LogP contribution is -2.44. The van der Waals surface area contributed by atoms with E-state index < -0.39 is 0 Å². The number of fused-ring (bicyclic) bond motifs is 1. The van der Waals surface area contributed by atoms with Gasteiger partial charge in [-0.2, -0.15) is 10.4 Å². The maximum atomic E-state index is 12.1. The van der Waals surface area contributed by atoms with Crippen LogP contribution in [0, 0.1) is 18.3 Å². The minimum absolute atomic E-state index is 0. The SMILES string of the molecule is C.Cc1nc(CCc2cnn(Cc3ccccc3C#N)c2)cc2c1NC(=O)[C@H](C)N2C. The molecule has 3 aromatic rings. The molecule has 0 fully saturated rings. The van der Waals surface area contributed by atoms with Gasteiger partial charge in [-0.1, -0.05) is 25.6 Å². The van der Waals surface area contributed by atoms with E-state index in [1.54, 1.807) is 0 Å². The molecule has 1 atom stereocenters. The molecule has 160 valence electrons.